The van der Waals surface area contributed by atoms with Crippen molar-refractivity contribution < 1.29 is 53.8 Å². The van der Waals surface area contributed by atoms with Gasteiger partial charge in [0.1, 0.15) is 28.0 Å². The molecule has 0 aliphatic heterocycles. The fourth-order valence-corrected chi connectivity index (χ4v) is 5.78. The van der Waals surface area contributed by atoms with Crippen LogP contribution in [0.3, 0.4) is 0 Å². The van der Waals surface area contributed by atoms with E-state index in [9.17, 15) is 39.6 Å². The molecule has 2 aromatic carbocycles. The molecular formula is C26H23F3N10O9S2. The molecule has 3 heterocycles. The predicted octanol–water partition coefficient (Wildman–Crippen LogP) is 1.84. The zero-order valence-corrected chi connectivity index (χ0v) is 27.5. The fraction of sp³-hybridized carbons (Fsp3) is 0.154. The molecule has 0 bridgehead atoms. The number of nitrogens with zero attached hydrogens (tertiary/aromatic N) is 7. The maximum atomic E-state index is 13.7. The van der Waals surface area contributed by atoms with E-state index < -0.39 is 70.9 Å². The highest BCUT2D eigenvalue weighted by molar-refractivity contribution is 7.92. The number of hydrogen-bond acceptors (Lipinski definition) is 15. The van der Waals surface area contributed by atoms with E-state index in [1.54, 1.807) is 9.44 Å². The van der Waals surface area contributed by atoms with Crippen LogP contribution in [0.2, 0.25) is 0 Å². The highest BCUT2D eigenvalue weighted by atomic mass is 32.2. The molecule has 0 aliphatic carbocycles. The summed E-state index contributed by atoms with van der Waals surface area (Å²) in [7, 11) is -5.29. The monoisotopic (exact) mass is 740 g/mol. The number of nitrogens with one attached hydrogen (secondary N) is 3. The number of benzene rings is 2. The number of esters is 1. The van der Waals surface area contributed by atoms with Crippen molar-refractivity contribution >= 4 is 49.3 Å². The summed E-state index contributed by atoms with van der Waals surface area (Å²) in [6, 6.07) is 6.69. The number of carbonyl (C=O) groups is 2. The van der Waals surface area contributed by atoms with Gasteiger partial charge in [-0.1, -0.05) is 18.2 Å². The first-order valence-corrected chi connectivity index (χ1v) is 16.3. The first-order valence-electron chi connectivity index (χ1n) is 13.3. The third-order valence-corrected chi connectivity index (χ3v) is 8.35. The lowest BCUT2D eigenvalue weighted by Gasteiger charge is -2.11. The summed E-state index contributed by atoms with van der Waals surface area (Å²) < 4.78 is 108. The summed E-state index contributed by atoms with van der Waals surface area (Å²) in [6.45, 7) is 1.54. The number of urea groups is 1. The molecule has 0 radical (unpaired) electrons. The van der Waals surface area contributed by atoms with Crippen molar-refractivity contribution in [3.63, 3.8) is 0 Å². The molecule has 2 amide bonds. The van der Waals surface area contributed by atoms with Crippen LogP contribution in [0, 0.1) is 24.4 Å². The van der Waals surface area contributed by atoms with Crippen molar-refractivity contribution in [3.05, 3.63) is 77.5 Å². The Morgan fingerprint density at radius 1 is 0.820 bits per heavy atom. The second-order valence-electron chi connectivity index (χ2n) is 9.17. The Kier molecular flexibility index (Phi) is 11.0. The number of methoxy groups -OCH3 is 3. The summed E-state index contributed by atoms with van der Waals surface area (Å²) >= 11 is 0. The van der Waals surface area contributed by atoms with Crippen molar-refractivity contribution in [1.29, 1.82) is 0 Å². The van der Waals surface area contributed by atoms with E-state index in [-0.39, 0.29) is 29.4 Å². The van der Waals surface area contributed by atoms with Crippen LogP contribution in [-0.2, 0) is 24.8 Å². The summed E-state index contributed by atoms with van der Waals surface area (Å²) in [5.74, 6) is -4.03. The van der Waals surface area contributed by atoms with Gasteiger partial charge in [-0.25, -0.2) is 40.9 Å². The summed E-state index contributed by atoms with van der Waals surface area (Å²) in [4.78, 5) is 41.8. The van der Waals surface area contributed by atoms with Gasteiger partial charge < -0.3 is 14.2 Å². The van der Waals surface area contributed by atoms with E-state index in [1.807, 2.05) is 0 Å². The Labute approximate surface area is 280 Å². The number of para-hydroxylation sites is 1. The van der Waals surface area contributed by atoms with Crippen molar-refractivity contribution in [2.24, 2.45) is 0 Å². The molecule has 19 nitrogen and oxygen atoms in total. The lowest BCUT2D eigenvalue weighted by Crippen LogP contribution is -2.35. The molecule has 3 aromatic heterocycles. The highest BCUT2D eigenvalue weighted by Crippen LogP contribution is 2.23. The number of aryl methyl sites for hydroxylation is 1. The summed E-state index contributed by atoms with van der Waals surface area (Å²) in [6.07, 6.45) is 0.767. The van der Waals surface area contributed by atoms with Gasteiger partial charge in [-0.2, -0.15) is 32.9 Å². The molecule has 5 aromatic rings. The van der Waals surface area contributed by atoms with Gasteiger partial charge in [0, 0.05) is 0 Å². The molecule has 0 aliphatic rings. The van der Waals surface area contributed by atoms with Gasteiger partial charge in [0.2, 0.25) is 5.95 Å². The van der Waals surface area contributed by atoms with E-state index in [2.05, 4.69) is 40.1 Å². The number of amides is 2. The second-order valence-corrected chi connectivity index (χ2v) is 12.4. The highest BCUT2D eigenvalue weighted by Gasteiger charge is 2.27. The number of aromatic nitrogens is 7. The summed E-state index contributed by atoms with van der Waals surface area (Å²) in [5, 5.41) is 4.81. The third-order valence-electron chi connectivity index (χ3n) is 5.84. The number of rotatable bonds is 9. The average molecular weight is 741 g/mol. The summed E-state index contributed by atoms with van der Waals surface area (Å²) in [5.41, 5.74) is -1.59. The Morgan fingerprint density at radius 3 is 2.14 bits per heavy atom. The normalized spacial score (nSPS) is 11.2. The molecule has 0 fully saturated rings. The molecule has 0 saturated carbocycles. The minimum atomic E-state index is -4.58. The SMILES string of the molecule is COC(=O)c1ccccc1S(=O)(=O)NC(=O)Nc1nc(C)nc(OC)n1.COc1ncc(F)c2nc(S(=O)(=O)Nc3c(F)cccc3F)nn12. The molecule has 264 valence electrons. The van der Waals surface area contributed by atoms with Crippen molar-refractivity contribution in [1.82, 2.24) is 39.3 Å². The number of fused-ring (bicyclic) bond motifs is 1. The van der Waals surface area contributed by atoms with Crippen LogP contribution < -0.4 is 24.2 Å². The quantitative estimate of drug-likeness (QED) is 0.182. The Bertz CT molecular complexity index is 2290. The molecule has 0 unspecified atom stereocenters. The minimum Gasteiger partial charge on any atom is -0.467 e. The van der Waals surface area contributed by atoms with Crippen molar-refractivity contribution in [3.8, 4) is 12.0 Å². The van der Waals surface area contributed by atoms with Crippen LogP contribution >= 0.6 is 0 Å². The molecular weight excluding hydrogens is 717 g/mol. The van der Waals surface area contributed by atoms with E-state index in [0.29, 0.717) is 4.52 Å². The van der Waals surface area contributed by atoms with Crippen LogP contribution in [0.1, 0.15) is 16.2 Å². The molecule has 50 heavy (non-hydrogen) atoms. The first-order chi connectivity index (χ1) is 23.6. The smallest absolute Gasteiger partial charge is 0.339 e. The Balaban J connectivity index is 0.000000225. The number of halogens is 3. The first kappa shape index (κ1) is 36.7. The topological polar surface area (TPSA) is 248 Å². The zero-order valence-electron chi connectivity index (χ0n) is 25.9. The van der Waals surface area contributed by atoms with Gasteiger partial charge in [0.25, 0.3) is 25.2 Å². The number of hydrogen-bond donors (Lipinski definition) is 3. The second kappa shape index (κ2) is 14.9. The van der Waals surface area contributed by atoms with E-state index in [1.165, 1.54) is 39.3 Å². The van der Waals surface area contributed by atoms with Crippen LogP contribution in [0.4, 0.5) is 29.6 Å². The molecule has 0 spiro atoms. The number of sulfonamides is 2. The maximum absolute atomic E-state index is 13.7. The minimum absolute atomic E-state index is 0.0494. The lowest BCUT2D eigenvalue weighted by atomic mass is 10.2. The van der Waals surface area contributed by atoms with Crippen LogP contribution in [-0.4, -0.2) is 84.7 Å². The molecule has 3 N–H and O–H groups in total. The number of ether oxygens (including phenoxy) is 3. The fourth-order valence-electron chi connectivity index (χ4n) is 3.72. The molecule has 0 saturated heterocycles. The predicted molar refractivity (Wildman–Crippen MR) is 163 cm³/mol. The molecule has 24 heteroatoms. The zero-order chi connectivity index (χ0) is 36.8. The van der Waals surface area contributed by atoms with E-state index in [4.69, 9.17) is 9.47 Å². The van der Waals surface area contributed by atoms with Crippen LogP contribution in [0.15, 0.2) is 58.7 Å². The van der Waals surface area contributed by atoms with E-state index in [0.717, 1.165) is 37.6 Å². The Hall–Kier alpha value is -6.17. The van der Waals surface area contributed by atoms with Gasteiger partial charge in [-0.05, 0) is 31.2 Å². The molecule has 5 rings (SSSR count). The van der Waals surface area contributed by atoms with Gasteiger partial charge in [0.15, 0.2) is 11.5 Å². The maximum Gasteiger partial charge on any atom is 0.339 e. The Morgan fingerprint density at radius 2 is 1.50 bits per heavy atom. The standard InChI is InChI=1S/C14H15N5O6S.C12H8F3N5O3S/c1-8-15-12(18-14(16-8)25-3)17-13(21)19-26(22,23)10-7-5-4-6-9(10)11(20)24-2;1-23-12-16-5-8(15)10-17-11(18-20(10)12)24(21,22)19-9-6(13)3-2-4-7(9)14/h4-7H,1-3H3,(H2,15,16,17,18,19,21);2-5,19H,1H3. The average Bonchev–Trinajstić information content (AvgIpc) is 3.54. The van der Waals surface area contributed by atoms with E-state index >= 15 is 0 Å². The van der Waals surface area contributed by atoms with Gasteiger partial charge in [-0.15, -0.1) is 5.10 Å². The van der Waals surface area contributed by atoms with Gasteiger partial charge in [-0.3, -0.25) is 10.0 Å². The molecule has 0 atom stereocenters. The number of carbonyl (C=O) groups excluding carboxylic acids is 2. The van der Waals surface area contributed by atoms with Gasteiger partial charge in [0.05, 0.1) is 33.1 Å². The van der Waals surface area contributed by atoms with Crippen molar-refractivity contribution in [2.75, 3.05) is 31.4 Å². The third kappa shape index (κ3) is 8.27. The van der Waals surface area contributed by atoms with Crippen molar-refractivity contribution in [2.45, 2.75) is 17.0 Å². The lowest BCUT2D eigenvalue weighted by molar-refractivity contribution is 0.0596. The van der Waals surface area contributed by atoms with Gasteiger partial charge >= 0.3 is 24.0 Å². The van der Waals surface area contributed by atoms with Crippen LogP contribution in [0.5, 0.6) is 12.0 Å². The van der Waals surface area contributed by atoms with Crippen LogP contribution in [0.25, 0.3) is 5.65 Å². The number of anilines is 2. The largest absolute Gasteiger partial charge is 0.467 e.